The van der Waals surface area contributed by atoms with Crippen LogP contribution in [0.5, 0.6) is 0 Å². The summed E-state index contributed by atoms with van der Waals surface area (Å²) in [6.07, 6.45) is 7.41. The fourth-order valence-electron chi connectivity index (χ4n) is 4.41. The Labute approximate surface area is 153 Å². The van der Waals surface area contributed by atoms with Gasteiger partial charge in [0.15, 0.2) is 0 Å². The lowest BCUT2D eigenvalue weighted by molar-refractivity contribution is -0.117. The Morgan fingerprint density at radius 2 is 1.73 bits per heavy atom. The van der Waals surface area contributed by atoms with E-state index in [2.05, 4.69) is 15.6 Å². The Morgan fingerprint density at radius 3 is 2.35 bits per heavy atom. The first-order valence-corrected chi connectivity index (χ1v) is 9.29. The zero-order valence-electron chi connectivity index (χ0n) is 14.7. The molecule has 3 atom stereocenters. The number of hydrogen-bond donors (Lipinski definition) is 2. The molecule has 2 aliphatic rings. The van der Waals surface area contributed by atoms with Crippen LogP contribution < -0.4 is 10.6 Å². The summed E-state index contributed by atoms with van der Waals surface area (Å²) < 4.78 is 0. The fourth-order valence-corrected chi connectivity index (χ4v) is 4.41. The van der Waals surface area contributed by atoms with Crippen molar-refractivity contribution in [2.45, 2.75) is 32.1 Å². The zero-order chi connectivity index (χ0) is 17.9. The van der Waals surface area contributed by atoms with Gasteiger partial charge in [0.25, 0.3) is 5.91 Å². The van der Waals surface area contributed by atoms with Gasteiger partial charge in [-0.15, -0.1) is 0 Å². The summed E-state index contributed by atoms with van der Waals surface area (Å²) in [4.78, 5) is 28.4. The van der Waals surface area contributed by atoms with Gasteiger partial charge in [-0.3, -0.25) is 14.6 Å². The van der Waals surface area contributed by atoms with E-state index in [1.807, 2.05) is 12.1 Å². The molecule has 2 fully saturated rings. The lowest BCUT2D eigenvalue weighted by atomic mass is 9.86. The van der Waals surface area contributed by atoms with Gasteiger partial charge < -0.3 is 10.6 Å². The number of carbonyl (C=O) groups excluding carboxylic acids is 2. The first-order chi connectivity index (χ1) is 12.7. The molecule has 1 heterocycles. The van der Waals surface area contributed by atoms with E-state index < -0.39 is 0 Å². The first-order valence-electron chi connectivity index (χ1n) is 9.29. The third-order valence-corrected chi connectivity index (χ3v) is 5.66. The summed E-state index contributed by atoms with van der Waals surface area (Å²) in [6.45, 7) is 0. The van der Waals surface area contributed by atoms with Crippen LogP contribution in [0.3, 0.4) is 0 Å². The highest BCUT2D eigenvalue weighted by atomic mass is 16.2. The summed E-state index contributed by atoms with van der Waals surface area (Å²) >= 11 is 0. The summed E-state index contributed by atoms with van der Waals surface area (Å²) in [7, 11) is 0. The Balaban J connectivity index is 1.30. The van der Waals surface area contributed by atoms with E-state index in [4.69, 9.17) is 0 Å². The molecule has 0 spiro atoms. The second kappa shape index (κ2) is 7.28. The standard InChI is InChI=1S/C21H23N3O2/c25-20(13-16-12-14-4-5-15(16)11-14)23-17-6-8-18(9-7-17)24-21(26)19-3-1-2-10-22-19/h1-3,6-10,14-16H,4-5,11-13H2,(H,23,25)(H,24,26)/t14-,15-,16-/m0/s1. The molecule has 2 N–H and O–H groups in total. The van der Waals surface area contributed by atoms with E-state index in [0.29, 0.717) is 23.7 Å². The van der Waals surface area contributed by atoms with Crippen LogP contribution in [0.4, 0.5) is 11.4 Å². The van der Waals surface area contributed by atoms with Crippen LogP contribution in [0, 0.1) is 17.8 Å². The van der Waals surface area contributed by atoms with E-state index in [0.717, 1.165) is 17.5 Å². The minimum absolute atomic E-state index is 0.0906. The average molecular weight is 349 g/mol. The third kappa shape index (κ3) is 3.77. The summed E-state index contributed by atoms with van der Waals surface area (Å²) in [5.74, 6) is 2.02. The fraction of sp³-hybridized carbons (Fsp3) is 0.381. The lowest BCUT2D eigenvalue weighted by Crippen LogP contribution is -2.20. The number of carbonyl (C=O) groups is 2. The van der Waals surface area contributed by atoms with Gasteiger partial charge >= 0.3 is 0 Å². The summed E-state index contributed by atoms with van der Waals surface area (Å²) in [6, 6.07) is 12.4. The zero-order valence-corrected chi connectivity index (χ0v) is 14.7. The van der Waals surface area contributed by atoms with Gasteiger partial charge in [-0.05, 0) is 73.4 Å². The number of pyridine rings is 1. The molecule has 0 aliphatic heterocycles. The molecule has 134 valence electrons. The highest BCUT2D eigenvalue weighted by Gasteiger charge is 2.40. The smallest absolute Gasteiger partial charge is 0.274 e. The summed E-state index contributed by atoms with van der Waals surface area (Å²) in [5.41, 5.74) is 1.80. The van der Waals surface area contributed by atoms with E-state index in [-0.39, 0.29) is 11.8 Å². The van der Waals surface area contributed by atoms with E-state index >= 15 is 0 Å². The quantitative estimate of drug-likeness (QED) is 0.854. The predicted octanol–water partition coefficient (Wildman–Crippen LogP) is 4.10. The van der Waals surface area contributed by atoms with Crippen molar-refractivity contribution >= 4 is 23.2 Å². The van der Waals surface area contributed by atoms with Crippen molar-refractivity contribution in [3.05, 3.63) is 54.4 Å². The average Bonchev–Trinajstić information content (AvgIpc) is 3.27. The molecule has 2 saturated carbocycles. The van der Waals surface area contributed by atoms with Gasteiger partial charge in [-0.2, -0.15) is 0 Å². The Bertz CT molecular complexity index is 789. The highest BCUT2D eigenvalue weighted by Crippen LogP contribution is 2.49. The molecule has 0 unspecified atom stereocenters. The molecular formula is C21H23N3O2. The highest BCUT2D eigenvalue weighted by molar-refractivity contribution is 6.03. The van der Waals surface area contributed by atoms with Crippen molar-refractivity contribution in [1.82, 2.24) is 4.98 Å². The minimum atomic E-state index is -0.251. The van der Waals surface area contributed by atoms with Crippen molar-refractivity contribution in [2.75, 3.05) is 10.6 Å². The normalized spacial score (nSPS) is 23.6. The van der Waals surface area contributed by atoms with Crippen molar-refractivity contribution in [1.29, 1.82) is 0 Å². The maximum Gasteiger partial charge on any atom is 0.274 e. The molecule has 5 nitrogen and oxygen atoms in total. The number of nitrogens with one attached hydrogen (secondary N) is 2. The first kappa shape index (κ1) is 16.8. The number of anilines is 2. The molecule has 4 rings (SSSR count). The van der Waals surface area contributed by atoms with Crippen LogP contribution in [-0.2, 0) is 4.79 Å². The van der Waals surface area contributed by atoms with Gasteiger partial charge in [-0.25, -0.2) is 0 Å². The van der Waals surface area contributed by atoms with Crippen molar-refractivity contribution in [3.8, 4) is 0 Å². The van der Waals surface area contributed by atoms with E-state index in [1.54, 1.807) is 36.5 Å². The van der Waals surface area contributed by atoms with Crippen LogP contribution in [0.25, 0.3) is 0 Å². The molecule has 2 aliphatic carbocycles. The number of fused-ring (bicyclic) bond motifs is 2. The van der Waals surface area contributed by atoms with Crippen LogP contribution >= 0.6 is 0 Å². The second-order valence-corrected chi connectivity index (χ2v) is 7.43. The largest absolute Gasteiger partial charge is 0.326 e. The predicted molar refractivity (Wildman–Crippen MR) is 101 cm³/mol. The summed E-state index contributed by atoms with van der Waals surface area (Å²) in [5, 5.41) is 5.78. The molecule has 0 saturated heterocycles. The van der Waals surface area contributed by atoms with E-state index in [1.165, 1.54) is 25.7 Å². The Kier molecular flexibility index (Phi) is 4.69. The lowest BCUT2D eigenvalue weighted by Gasteiger charge is -2.20. The SMILES string of the molecule is O=C(C[C@@H]1C[C@H]2CC[C@H]1C2)Nc1ccc(NC(=O)c2ccccn2)cc1. The second-order valence-electron chi connectivity index (χ2n) is 7.43. The number of rotatable bonds is 5. The number of amides is 2. The van der Waals surface area contributed by atoms with E-state index in [9.17, 15) is 9.59 Å². The molecule has 1 aromatic carbocycles. The number of aromatic nitrogens is 1. The monoisotopic (exact) mass is 349 g/mol. The van der Waals surface area contributed by atoms with Crippen molar-refractivity contribution in [3.63, 3.8) is 0 Å². The molecule has 2 aromatic rings. The van der Waals surface area contributed by atoms with Gasteiger partial charge in [0, 0.05) is 24.0 Å². The molecule has 0 radical (unpaired) electrons. The topological polar surface area (TPSA) is 71.1 Å². The molecule has 2 amide bonds. The molecule has 1 aromatic heterocycles. The van der Waals surface area contributed by atoms with Crippen LogP contribution in [0.2, 0.25) is 0 Å². The third-order valence-electron chi connectivity index (χ3n) is 5.66. The molecular weight excluding hydrogens is 326 g/mol. The molecule has 5 heteroatoms. The van der Waals surface area contributed by atoms with Crippen LogP contribution in [-0.4, -0.2) is 16.8 Å². The Morgan fingerprint density at radius 1 is 0.962 bits per heavy atom. The van der Waals surface area contributed by atoms with Crippen LogP contribution in [0.1, 0.15) is 42.6 Å². The molecule has 26 heavy (non-hydrogen) atoms. The van der Waals surface area contributed by atoms with Gasteiger partial charge in [0.2, 0.25) is 5.91 Å². The Hall–Kier alpha value is -2.69. The van der Waals surface area contributed by atoms with Crippen molar-refractivity contribution in [2.24, 2.45) is 17.8 Å². The minimum Gasteiger partial charge on any atom is -0.326 e. The number of nitrogens with zero attached hydrogens (tertiary/aromatic N) is 1. The van der Waals surface area contributed by atoms with Crippen LogP contribution in [0.15, 0.2) is 48.7 Å². The number of benzene rings is 1. The van der Waals surface area contributed by atoms with Gasteiger partial charge in [0.1, 0.15) is 5.69 Å². The van der Waals surface area contributed by atoms with Crippen molar-refractivity contribution < 1.29 is 9.59 Å². The maximum atomic E-state index is 12.3. The van der Waals surface area contributed by atoms with Gasteiger partial charge in [-0.1, -0.05) is 12.5 Å². The molecule has 2 bridgehead atoms. The van der Waals surface area contributed by atoms with Gasteiger partial charge in [0.05, 0.1) is 0 Å². The maximum absolute atomic E-state index is 12.3. The number of hydrogen-bond acceptors (Lipinski definition) is 3.